The van der Waals surface area contributed by atoms with Crippen molar-refractivity contribution >= 4 is 5.96 Å². The zero-order chi connectivity index (χ0) is 19.1. The molecule has 0 atom stereocenters. The van der Waals surface area contributed by atoms with Crippen LogP contribution in [0.1, 0.15) is 45.0 Å². The average Bonchev–Trinajstić information content (AvgIpc) is 3.18. The molecule has 0 amide bonds. The average molecular weight is 370 g/mol. The molecule has 1 N–H and O–H groups in total. The number of aromatic nitrogens is 2. The van der Waals surface area contributed by atoms with E-state index in [1.165, 1.54) is 18.4 Å². The molecule has 1 aliphatic heterocycles. The summed E-state index contributed by atoms with van der Waals surface area (Å²) in [4.78, 5) is 11.6. The molecule has 1 aromatic carbocycles. The second-order valence-corrected chi connectivity index (χ2v) is 7.22. The Morgan fingerprint density at radius 1 is 1.22 bits per heavy atom. The molecule has 0 bridgehead atoms. The van der Waals surface area contributed by atoms with E-state index in [0.717, 1.165) is 62.3 Å². The summed E-state index contributed by atoms with van der Waals surface area (Å²) in [6, 6.07) is 8.33. The lowest BCUT2D eigenvalue weighted by atomic mass is 10.00. The Hall–Kier alpha value is -2.37. The fourth-order valence-electron chi connectivity index (χ4n) is 3.27. The maximum absolute atomic E-state index is 5.30. The maximum atomic E-state index is 5.30. The fourth-order valence-corrected chi connectivity index (χ4v) is 3.27. The quantitative estimate of drug-likeness (QED) is 0.623. The van der Waals surface area contributed by atoms with Crippen molar-refractivity contribution in [2.24, 2.45) is 10.9 Å². The van der Waals surface area contributed by atoms with Crippen LogP contribution in [-0.4, -0.2) is 47.2 Å². The van der Waals surface area contributed by atoms with Crippen molar-refractivity contribution in [3.05, 3.63) is 35.7 Å². The summed E-state index contributed by atoms with van der Waals surface area (Å²) in [6.45, 7) is 10.4. The highest BCUT2D eigenvalue weighted by Gasteiger charge is 2.18. The van der Waals surface area contributed by atoms with Gasteiger partial charge in [-0.2, -0.15) is 4.98 Å². The van der Waals surface area contributed by atoms with Gasteiger partial charge in [0.2, 0.25) is 0 Å². The zero-order valence-electron chi connectivity index (χ0n) is 16.7. The van der Waals surface area contributed by atoms with Crippen LogP contribution in [0.3, 0.4) is 0 Å². The van der Waals surface area contributed by atoms with E-state index in [4.69, 9.17) is 9.52 Å². The molecule has 6 heteroatoms. The third-order valence-electron chi connectivity index (χ3n) is 5.07. The molecular formula is C21H31N5O. The molecule has 0 spiro atoms. The number of benzene rings is 1. The Morgan fingerprint density at radius 3 is 2.59 bits per heavy atom. The Balaban J connectivity index is 1.57. The third-order valence-corrected chi connectivity index (χ3v) is 5.07. The van der Waals surface area contributed by atoms with Crippen molar-refractivity contribution < 1.29 is 4.52 Å². The SMILES string of the molecule is CCNC(=NCCc1ccc(-c2nc(CC)no2)cc1)N1CCC(C)CC1. The van der Waals surface area contributed by atoms with Gasteiger partial charge in [-0.3, -0.25) is 4.99 Å². The second kappa shape index (κ2) is 9.53. The molecule has 146 valence electrons. The van der Waals surface area contributed by atoms with Crippen LogP contribution in [0.4, 0.5) is 0 Å². The lowest BCUT2D eigenvalue weighted by molar-refractivity contribution is 0.273. The van der Waals surface area contributed by atoms with Gasteiger partial charge in [0, 0.05) is 38.2 Å². The van der Waals surface area contributed by atoms with Crippen LogP contribution < -0.4 is 5.32 Å². The molecule has 1 saturated heterocycles. The van der Waals surface area contributed by atoms with Gasteiger partial charge < -0.3 is 14.7 Å². The van der Waals surface area contributed by atoms with Gasteiger partial charge in [0.15, 0.2) is 11.8 Å². The summed E-state index contributed by atoms with van der Waals surface area (Å²) >= 11 is 0. The van der Waals surface area contributed by atoms with Crippen LogP contribution in [0.2, 0.25) is 0 Å². The van der Waals surface area contributed by atoms with Gasteiger partial charge >= 0.3 is 0 Å². The summed E-state index contributed by atoms with van der Waals surface area (Å²) in [6.07, 6.45) is 4.20. The van der Waals surface area contributed by atoms with E-state index in [1.54, 1.807) is 0 Å². The minimum atomic E-state index is 0.588. The molecule has 0 saturated carbocycles. The highest BCUT2D eigenvalue weighted by atomic mass is 16.5. The number of nitrogens with zero attached hydrogens (tertiary/aromatic N) is 4. The number of likely N-dealkylation sites (tertiary alicyclic amines) is 1. The minimum absolute atomic E-state index is 0.588. The van der Waals surface area contributed by atoms with Gasteiger partial charge in [-0.1, -0.05) is 31.1 Å². The number of nitrogens with one attached hydrogen (secondary N) is 1. The number of aliphatic imine (C=N–C) groups is 1. The molecular weight excluding hydrogens is 338 g/mol. The summed E-state index contributed by atoms with van der Waals surface area (Å²) in [5.74, 6) is 3.21. The smallest absolute Gasteiger partial charge is 0.257 e. The topological polar surface area (TPSA) is 66.5 Å². The predicted molar refractivity (Wildman–Crippen MR) is 109 cm³/mol. The van der Waals surface area contributed by atoms with Crippen LogP contribution in [0.5, 0.6) is 0 Å². The van der Waals surface area contributed by atoms with Crippen molar-refractivity contribution in [3.8, 4) is 11.5 Å². The van der Waals surface area contributed by atoms with E-state index in [2.05, 4.69) is 46.3 Å². The Kier molecular flexibility index (Phi) is 6.85. The summed E-state index contributed by atoms with van der Waals surface area (Å²) in [5, 5.41) is 7.39. The van der Waals surface area contributed by atoms with Gasteiger partial charge in [0.1, 0.15) is 0 Å². The molecule has 1 aromatic heterocycles. The largest absolute Gasteiger partial charge is 0.357 e. The number of piperidine rings is 1. The van der Waals surface area contributed by atoms with Crippen LogP contribution in [0.25, 0.3) is 11.5 Å². The molecule has 3 rings (SSSR count). The van der Waals surface area contributed by atoms with Crippen LogP contribution in [0.15, 0.2) is 33.8 Å². The summed E-state index contributed by atoms with van der Waals surface area (Å²) in [7, 11) is 0. The molecule has 0 radical (unpaired) electrons. The number of hydrogen-bond donors (Lipinski definition) is 1. The molecule has 2 aromatic rings. The molecule has 1 fully saturated rings. The first-order chi connectivity index (χ1) is 13.2. The van der Waals surface area contributed by atoms with Gasteiger partial charge in [-0.25, -0.2) is 0 Å². The summed E-state index contributed by atoms with van der Waals surface area (Å²) in [5.41, 5.74) is 2.23. The highest BCUT2D eigenvalue weighted by Crippen LogP contribution is 2.18. The number of aryl methyl sites for hydroxylation is 1. The lowest BCUT2D eigenvalue weighted by Crippen LogP contribution is -2.45. The van der Waals surface area contributed by atoms with Gasteiger partial charge in [-0.15, -0.1) is 0 Å². The van der Waals surface area contributed by atoms with Gasteiger partial charge in [-0.05, 0) is 49.8 Å². The molecule has 2 heterocycles. The zero-order valence-corrected chi connectivity index (χ0v) is 16.7. The van der Waals surface area contributed by atoms with Crippen LogP contribution >= 0.6 is 0 Å². The molecule has 27 heavy (non-hydrogen) atoms. The van der Waals surface area contributed by atoms with Gasteiger partial charge in [0.25, 0.3) is 5.89 Å². The monoisotopic (exact) mass is 369 g/mol. The van der Waals surface area contributed by atoms with E-state index < -0.39 is 0 Å². The molecule has 0 unspecified atom stereocenters. The van der Waals surface area contributed by atoms with Crippen molar-refractivity contribution in [2.75, 3.05) is 26.2 Å². The van der Waals surface area contributed by atoms with Crippen LogP contribution in [0, 0.1) is 5.92 Å². The predicted octanol–water partition coefficient (Wildman–Crippen LogP) is 3.54. The Labute approximate surface area is 162 Å². The van der Waals surface area contributed by atoms with E-state index >= 15 is 0 Å². The van der Waals surface area contributed by atoms with E-state index in [0.29, 0.717) is 5.89 Å². The lowest BCUT2D eigenvalue weighted by Gasteiger charge is -2.33. The minimum Gasteiger partial charge on any atom is -0.357 e. The summed E-state index contributed by atoms with van der Waals surface area (Å²) < 4.78 is 5.30. The van der Waals surface area contributed by atoms with Crippen LogP contribution in [-0.2, 0) is 12.8 Å². The maximum Gasteiger partial charge on any atom is 0.257 e. The number of hydrogen-bond acceptors (Lipinski definition) is 4. The molecule has 0 aliphatic carbocycles. The Bertz CT molecular complexity index is 729. The standard InChI is InChI=1S/C21H31N5O/c1-4-19-24-20(27-25-19)18-8-6-17(7-9-18)10-13-23-21(22-5-2)26-14-11-16(3)12-15-26/h6-9,16H,4-5,10-15H2,1-3H3,(H,22,23). The van der Waals surface area contributed by atoms with E-state index in [9.17, 15) is 0 Å². The second-order valence-electron chi connectivity index (χ2n) is 7.22. The first kappa shape index (κ1) is 19.4. The first-order valence-electron chi connectivity index (χ1n) is 10.1. The van der Waals surface area contributed by atoms with E-state index in [-0.39, 0.29) is 0 Å². The highest BCUT2D eigenvalue weighted by molar-refractivity contribution is 5.80. The van der Waals surface area contributed by atoms with Gasteiger partial charge in [0.05, 0.1) is 0 Å². The third kappa shape index (κ3) is 5.31. The van der Waals surface area contributed by atoms with E-state index in [1.807, 2.05) is 19.1 Å². The van der Waals surface area contributed by atoms with Crippen molar-refractivity contribution in [2.45, 2.75) is 46.5 Å². The van der Waals surface area contributed by atoms with Crippen molar-refractivity contribution in [1.29, 1.82) is 0 Å². The molecule has 1 aliphatic rings. The number of guanidine groups is 1. The fraction of sp³-hybridized carbons (Fsp3) is 0.571. The first-order valence-corrected chi connectivity index (χ1v) is 10.1. The number of rotatable bonds is 6. The van der Waals surface area contributed by atoms with Crippen molar-refractivity contribution in [1.82, 2.24) is 20.4 Å². The normalized spacial score (nSPS) is 16.0. The Morgan fingerprint density at radius 2 is 1.96 bits per heavy atom. The van der Waals surface area contributed by atoms with Crippen molar-refractivity contribution in [3.63, 3.8) is 0 Å². The molecule has 6 nitrogen and oxygen atoms in total.